The van der Waals surface area contributed by atoms with E-state index < -0.39 is 0 Å². The lowest BCUT2D eigenvalue weighted by Crippen LogP contribution is -2.27. The van der Waals surface area contributed by atoms with E-state index in [1.54, 1.807) is 29.9 Å². The number of hydrogen-bond acceptors (Lipinski definition) is 5. The summed E-state index contributed by atoms with van der Waals surface area (Å²) in [6.45, 7) is 5.01. The SMILES string of the molecule is COc1ccc(CNC(=O)CSc2nc3ccc(Cl)cc3c(=O)n2CC(C)C)cc1. The van der Waals surface area contributed by atoms with Crippen LogP contribution in [0.4, 0.5) is 0 Å². The molecule has 0 spiro atoms. The highest BCUT2D eigenvalue weighted by Crippen LogP contribution is 2.21. The van der Waals surface area contributed by atoms with Crippen molar-refractivity contribution >= 4 is 40.2 Å². The summed E-state index contributed by atoms with van der Waals surface area (Å²) < 4.78 is 6.76. The Morgan fingerprint density at radius 3 is 2.63 bits per heavy atom. The molecule has 0 unspecified atom stereocenters. The van der Waals surface area contributed by atoms with Gasteiger partial charge in [0.25, 0.3) is 5.56 Å². The van der Waals surface area contributed by atoms with Gasteiger partial charge in [0.15, 0.2) is 5.16 Å². The van der Waals surface area contributed by atoms with Crippen molar-refractivity contribution in [3.63, 3.8) is 0 Å². The van der Waals surface area contributed by atoms with E-state index in [2.05, 4.69) is 10.3 Å². The molecule has 3 rings (SSSR count). The van der Waals surface area contributed by atoms with Gasteiger partial charge in [-0.1, -0.05) is 49.3 Å². The second-order valence-corrected chi connectivity index (χ2v) is 8.66. The first-order valence-electron chi connectivity index (χ1n) is 9.60. The minimum Gasteiger partial charge on any atom is -0.497 e. The number of amides is 1. The molecule has 0 aliphatic carbocycles. The van der Waals surface area contributed by atoms with Gasteiger partial charge in [0.2, 0.25) is 5.91 Å². The van der Waals surface area contributed by atoms with Crippen molar-refractivity contribution in [2.24, 2.45) is 5.92 Å². The molecule has 30 heavy (non-hydrogen) atoms. The molecule has 1 amide bonds. The zero-order chi connectivity index (χ0) is 21.7. The number of halogens is 1. The van der Waals surface area contributed by atoms with Crippen molar-refractivity contribution < 1.29 is 9.53 Å². The molecule has 8 heteroatoms. The second kappa shape index (κ2) is 10.00. The summed E-state index contributed by atoms with van der Waals surface area (Å²) in [7, 11) is 1.61. The number of rotatable bonds is 8. The minimum atomic E-state index is -0.141. The predicted molar refractivity (Wildman–Crippen MR) is 121 cm³/mol. The number of carbonyl (C=O) groups excluding carboxylic acids is 1. The Kier molecular flexibility index (Phi) is 7.39. The number of aromatic nitrogens is 2. The van der Waals surface area contributed by atoms with Crippen molar-refractivity contribution in [3.05, 3.63) is 63.4 Å². The minimum absolute atomic E-state index is 0.127. The van der Waals surface area contributed by atoms with Gasteiger partial charge in [-0.25, -0.2) is 4.98 Å². The van der Waals surface area contributed by atoms with Gasteiger partial charge in [-0.15, -0.1) is 0 Å². The lowest BCUT2D eigenvalue weighted by Gasteiger charge is -2.15. The molecule has 0 saturated heterocycles. The number of fused-ring (bicyclic) bond motifs is 1. The Bertz CT molecular complexity index is 1100. The Morgan fingerprint density at radius 1 is 1.23 bits per heavy atom. The average molecular weight is 446 g/mol. The summed E-state index contributed by atoms with van der Waals surface area (Å²) in [6, 6.07) is 12.6. The van der Waals surface area contributed by atoms with Crippen molar-refractivity contribution in [2.75, 3.05) is 12.9 Å². The van der Waals surface area contributed by atoms with Crippen LogP contribution in [-0.2, 0) is 17.9 Å². The number of carbonyl (C=O) groups is 1. The van der Waals surface area contributed by atoms with Crippen LogP contribution in [0.3, 0.4) is 0 Å². The number of benzene rings is 2. The van der Waals surface area contributed by atoms with Gasteiger partial charge in [-0.3, -0.25) is 14.2 Å². The third-order valence-corrected chi connectivity index (χ3v) is 5.62. The number of thioether (sulfide) groups is 1. The van der Waals surface area contributed by atoms with Gasteiger partial charge in [-0.2, -0.15) is 0 Å². The van der Waals surface area contributed by atoms with E-state index in [4.69, 9.17) is 16.3 Å². The van der Waals surface area contributed by atoms with E-state index in [1.165, 1.54) is 11.8 Å². The fourth-order valence-electron chi connectivity index (χ4n) is 2.93. The molecule has 158 valence electrons. The molecule has 0 fully saturated rings. The van der Waals surface area contributed by atoms with Crippen LogP contribution in [0, 0.1) is 5.92 Å². The van der Waals surface area contributed by atoms with E-state index in [-0.39, 0.29) is 23.1 Å². The maximum Gasteiger partial charge on any atom is 0.262 e. The molecule has 0 aliphatic heterocycles. The predicted octanol–water partition coefficient (Wildman–Crippen LogP) is 4.12. The first kappa shape index (κ1) is 22.2. The Labute approximate surface area is 184 Å². The van der Waals surface area contributed by atoms with E-state index in [9.17, 15) is 9.59 Å². The maximum atomic E-state index is 13.0. The molecular weight excluding hydrogens is 422 g/mol. The van der Waals surface area contributed by atoms with E-state index in [1.807, 2.05) is 38.1 Å². The quantitative estimate of drug-likeness (QED) is 0.417. The molecule has 2 aromatic carbocycles. The number of hydrogen-bond donors (Lipinski definition) is 1. The van der Waals surface area contributed by atoms with Gasteiger partial charge in [0.1, 0.15) is 5.75 Å². The smallest absolute Gasteiger partial charge is 0.262 e. The van der Waals surface area contributed by atoms with E-state index >= 15 is 0 Å². The maximum absolute atomic E-state index is 13.0. The zero-order valence-electron chi connectivity index (χ0n) is 17.1. The third-order valence-electron chi connectivity index (χ3n) is 4.41. The number of nitrogens with zero attached hydrogens (tertiary/aromatic N) is 2. The van der Waals surface area contributed by atoms with Crippen LogP contribution < -0.4 is 15.6 Å². The molecule has 0 saturated carbocycles. The molecular formula is C22H24ClN3O3S. The lowest BCUT2D eigenvalue weighted by atomic mass is 10.2. The fourth-order valence-corrected chi connectivity index (χ4v) is 3.94. The van der Waals surface area contributed by atoms with E-state index in [0.717, 1.165) is 11.3 Å². The van der Waals surface area contributed by atoms with Crippen LogP contribution in [0.25, 0.3) is 10.9 Å². The van der Waals surface area contributed by atoms with Crippen LogP contribution in [0.5, 0.6) is 5.75 Å². The average Bonchev–Trinajstić information content (AvgIpc) is 2.73. The van der Waals surface area contributed by atoms with Crippen molar-refractivity contribution in [2.45, 2.75) is 32.1 Å². The van der Waals surface area contributed by atoms with Crippen LogP contribution in [0.15, 0.2) is 52.4 Å². The standard InChI is InChI=1S/C22H24ClN3O3S/c1-14(2)12-26-21(28)18-10-16(23)6-9-19(18)25-22(26)30-13-20(27)24-11-15-4-7-17(29-3)8-5-15/h4-10,14H,11-13H2,1-3H3,(H,24,27). The summed E-state index contributed by atoms with van der Waals surface area (Å²) >= 11 is 7.31. The van der Waals surface area contributed by atoms with Gasteiger partial charge in [-0.05, 0) is 41.8 Å². The van der Waals surface area contributed by atoms with E-state index in [0.29, 0.717) is 34.2 Å². The van der Waals surface area contributed by atoms with Crippen LogP contribution in [0.1, 0.15) is 19.4 Å². The summed E-state index contributed by atoms with van der Waals surface area (Å²) in [6.07, 6.45) is 0. The molecule has 1 heterocycles. The first-order valence-corrected chi connectivity index (χ1v) is 11.0. The highest BCUT2D eigenvalue weighted by atomic mass is 35.5. The molecule has 0 bridgehead atoms. The topological polar surface area (TPSA) is 73.2 Å². The molecule has 1 aromatic heterocycles. The van der Waals surface area contributed by atoms with Crippen LogP contribution >= 0.6 is 23.4 Å². The molecule has 0 aliphatic rings. The molecule has 0 radical (unpaired) electrons. The van der Waals surface area contributed by atoms with Gasteiger partial charge in [0, 0.05) is 18.1 Å². The van der Waals surface area contributed by atoms with Crippen molar-refractivity contribution in [3.8, 4) is 5.75 Å². The third kappa shape index (κ3) is 5.55. The normalized spacial score (nSPS) is 11.1. The van der Waals surface area contributed by atoms with Crippen molar-refractivity contribution in [1.82, 2.24) is 14.9 Å². The Balaban J connectivity index is 1.72. The molecule has 6 nitrogen and oxygen atoms in total. The number of ether oxygens (including phenoxy) is 1. The van der Waals surface area contributed by atoms with Crippen LogP contribution in [-0.4, -0.2) is 28.3 Å². The second-order valence-electron chi connectivity index (χ2n) is 7.28. The zero-order valence-corrected chi connectivity index (χ0v) is 18.7. The fraction of sp³-hybridized carbons (Fsp3) is 0.318. The highest BCUT2D eigenvalue weighted by molar-refractivity contribution is 7.99. The Morgan fingerprint density at radius 2 is 1.97 bits per heavy atom. The van der Waals surface area contributed by atoms with Crippen LogP contribution in [0.2, 0.25) is 5.02 Å². The summed E-state index contributed by atoms with van der Waals surface area (Å²) in [5.41, 5.74) is 1.41. The van der Waals surface area contributed by atoms with Gasteiger partial charge in [0.05, 0.1) is 23.8 Å². The molecule has 1 N–H and O–H groups in total. The number of nitrogens with one attached hydrogen (secondary N) is 1. The molecule has 3 aromatic rings. The highest BCUT2D eigenvalue weighted by Gasteiger charge is 2.14. The lowest BCUT2D eigenvalue weighted by molar-refractivity contribution is -0.118. The Hall–Kier alpha value is -2.51. The summed E-state index contributed by atoms with van der Waals surface area (Å²) in [4.78, 5) is 29.9. The molecule has 0 atom stereocenters. The summed E-state index contributed by atoms with van der Waals surface area (Å²) in [5.74, 6) is 1.06. The van der Waals surface area contributed by atoms with Gasteiger partial charge >= 0.3 is 0 Å². The largest absolute Gasteiger partial charge is 0.497 e. The number of methoxy groups -OCH3 is 1. The van der Waals surface area contributed by atoms with Gasteiger partial charge < -0.3 is 10.1 Å². The van der Waals surface area contributed by atoms with Crippen molar-refractivity contribution in [1.29, 1.82) is 0 Å². The monoisotopic (exact) mass is 445 g/mol. The first-order chi connectivity index (χ1) is 14.4. The summed E-state index contributed by atoms with van der Waals surface area (Å²) in [5, 5.41) is 4.40.